The van der Waals surface area contributed by atoms with Crippen molar-refractivity contribution in [3.8, 4) is 17.1 Å². The van der Waals surface area contributed by atoms with Crippen LogP contribution in [-0.4, -0.2) is 27.7 Å². The number of ether oxygens (including phenoxy) is 1. The molecule has 0 saturated heterocycles. The van der Waals surface area contributed by atoms with Crippen LogP contribution in [0.1, 0.15) is 28.7 Å². The molecule has 0 aliphatic rings. The van der Waals surface area contributed by atoms with E-state index < -0.39 is 5.97 Å². The van der Waals surface area contributed by atoms with Gasteiger partial charge in [0.1, 0.15) is 11.3 Å². The first kappa shape index (κ1) is 14.0. The van der Waals surface area contributed by atoms with Crippen molar-refractivity contribution in [1.29, 1.82) is 0 Å². The normalized spacial score (nSPS) is 10.3. The Bertz CT molecular complexity index is 630. The number of hydrogen-bond donors (Lipinski definition) is 1. The molecule has 0 unspecified atom stereocenters. The monoisotopic (exact) mass is 272 g/mol. The Morgan fingerprint density at radius 2 is 1.80 bits per heavy atom. The second-order valence-electron chi connectivity index (χ2n) is 4.33. The summed E-state index contributed by atoms with van der Waals surface area (Å²) < 4.78 is 5.55. The largest absolute Gasteiger partial charge is 0.493 e. The van der Waals surface area contributed by atoms with Gasteiger partial charge in [-0.05, 0) is 32.9 Å². The summed E-state index contributed by atoms with van der Waals surface area (Å²) in [7, 11) is 0. The number of aromatic nitrogens is 2. The summed E-state index contributed by atoms with van der Waals surface area (Å²) in [5.41, 5.74) is 1.82. The van der Waals surface area contributed by atoms with Gasteiger partial charge in [0.05, 0.1) is 23.6 Å². The van der Waals surface area contributed by atoms with Gasteiger partial charge in [-0.15, -0.1) is 0 Å². The van der Waals surface area contributed by atoms with Crippen LogP contribution in [0.4, 0.5) is 0 Å². The topological polar surface area (TPSA) is 72.3 Å². The highest BCUT2D eigenvalue weighted by Gasteiger charge is 2.17. The van der Waals surface area contributed by atoms with Crippen LogP contribution in [0.3, 0.4) is 0 Å². The number of carboxylic acids is 1. The van der Waals surface area contributed by atoms with Crippen molar-refractivity contribution in [2.24, 2.45) is 0 Å². The number of para-hydroxylation sites is 1. The SMILES string of the molecule is CCOc1ccccc1-c1nc(C)c(C(=O)O)c(C)n1. The maximum atomic E-state index is 11.2. The molecule has 1 N–H and O–H groups in total. The molecule has 1 aromatic heterocycles. The number of carbonyl (C=O) groups is 1. The van der Waals surface area contributed by atoms with Crippen molar-refractivity contribution >= 4 is 5.97 Å². The van der Waals surface area contributed by atoms with Crippen LogP contribution in [0, 0.1) is 13.8 Å². The van der Waals surface area contributed by atoms with Gasteiger partial charge in [-0.3, -0.25) is 0 Å². The first-order valence-corrected chi connectivity index (χ1v) is 6.35. The minimum atomic E-state index is -1.01. The molecule has 0 amide bonds. The average Bonchev–Trinajstić information content (AvgIpc) is 2.38. The number of aromatic carboxylic acids is 1. The van der Waals surface area contributed by atoms with Gasteiger partial charge in [0.2, 0.25) is 0 Å². The maximum absolute atomic E-state index is 11.2. The van der Waals surface area contributed by atoms with Gasteiger partial charge in [-0.1, -0.05) is 12.1 Å². The summed E-state index contributed by atoms with van der Waals surface area (Å²) in [6.45, 7) is 5.79. The Hall–Kier alpha value is -2.43. The molecule has 5 heteroatoms. The molecular formula is C15H16N2O3. The minimum absolute atomic E-state index is 0.155. The van der Waals surface area contributed by atoms with Gasteiger partial charge in [-0.25, -0.2) is 14.8 Å². The molecule has 1 aromatic carbocycles. The predicted octanol–water partition coefficient (Wildman–Crippen LogP) is 2.86. The zero-order valence-electron chi connectivity index (χ0n) is 11.7. The van der Waals surface area contributed by atoms with Crippen LogP contribution in [0.25, 0.3) is 11.4 Å². The first-order valence-electron chi connectivity index (χ1n) is 6.35. The molecule has 20 heavy (non-hydrogen) atoms. The smallest absolute Gasteiger partial charge is 0.339 e. The van der Waals surface area contributed by atoms with Crippen molar-refractivity contribution in [2.45, 2.75) is 20.8 Å². The van der Waals surface area contributed by atoms with E-state index >= 15 is 0 Å². The molecule has 0 bridgehead atoms. The fourth-order valence-electron chi connectivity index (χ4n) is 2.08. The standard InChI is InChI=1S/C15H16N2O3/c1-4-20-12-8-6-5-7-11(12)14-16-9(2)13(15(18)19)10(3)17-14/h5-8H,4H2,1-3H3,(H,18,19). The number of nitrogens with zero attached hydrogens (tertiary/aromatic N) is 2. The lowest BCUT2D eigenvalue weighted by molar-refractivity contribution is 0.0694. The zero-order valence-corrected chi connectivity index (χ0v) is 11.7. The van der Waals surface area contributed by atoms with Crippen LogP contribution >= 0.6 is 0 Å². The second-order valence-corrected chi connectivity index (χ2v) is 4.33. The summed E-state index contributed by atoms with van der Waals surface area (Å²) >= 11 is 0. The fraction of sp³-hybridized carbons (Fsp3) is 0.267. The molecule has 2 aromatic rings. The van der Waals surface area contributed by atoms with Crippen LogP contribution in [-0.2, 0) is 0 Å². The molecule has 1 heterocycles. The number of aryl methyl sites for hydroxylation is 2. The number of benzene rings is 1. The highest BCUT2D eigenvalue weighted by Crippen LogP contribution is 2.28. The minimum Gasteiger partial charge on any atom is -0.493 e. The van der Waals surface area contributed by atoms with Crippen molar-refractivity contribution < 1.29 is 14.6 Å². The maximum Gasteiger partial charge on any atom is 0.339 e. The van der Waals surface area contributed by atoms with E-state index in [1.165, 1.54) is 0 Å². The Morgan fingerprint density at radius 1 is 1.20 bits per heavy atom. The fourth-order valence-corrected chi connectivity index (χ4v) is 2.08. The molecule has 0 fully saturated rings. The summed E-state index contributed by atoms with van der Waals surface area (Å²) in [4.78, 5) is 19.7. The number of hydrogen-bond acceptors (Lipinski definition) is 4. The van der Waals surface area contributed by atoms with E-state index in [9.17, 15) is 4.79 Å². The Morgan fingerprint density at radius 3 is 2.35 bits per heavy atom. The number of carboxylic acid groups (broad SMARTS) is 1. The van der Waals surface area contributed by atoms with Gasteiger partial charge in [0.15, 0.2) is 5.82 Å². The summed E-state index contributed by atoms with van der Waals surface area (Å²) in [6.07, 6.45) is 0. The zero-order chi connectivity index (χ0) is 14.7. The molecular weight excluding hydrogens is 256 g/mol. The molecule has 0 aliphatic carbocycles. The highest BCUT2D eigenvalue weighted by atomic mass is 16.5. The third kappa shape index (κ3) is 2.61. The van der Waals surface area contributed by atoms with Crippen molar-refractivity contribution in [3.63, 3.8) is 0 Å². The van der Waals surface area contributed by atoms with Gasteiger partial charge < -0.3 is 9.84 Å². The molecule has 0 atom stereocenters. The van der Waals surface area contributed by atoms with Gasteiger partial charge in [0.25, 0.3) is 0 Å². The van der Waals surface area contributed by atoms with Crippen LogP contribution in [0.15, 0.2) is 24.3 Å². The molecule has 0 radical (unpaired) electrons. The Balaban J connectivity index is 2.57. The number of rotatable bonds is 4. The summed E-state index contributed by atoms with van der Waals surface area (Å²) in [6, 6.07) is 7.45. The van der Waals surface area contributed by atoms with E-state index in [4.69, 9.17) is 9.84 Å². The molecule has 104 valence electrons. The summed E-state index contributed by atoms with van der Waals surface area (Å²) in [5, 5.41) is 9.14. The van der Waals surface area contributed by atoms with Crippen LogP contribution in [0.5, 0.6) is 5.75 Å². The van der Waals surface area contributed by atoms with Crippen molar-refractivity contribution in [1.82, 2.24) is 9.97 Å². The van der Waals surface area contributed by atoms with Gasteiger partial charge >= 0.3 is 5.97 Å². The van der Waals surface area contributed by atoms with Gasteiger partial charge in [0, 0.05) is 0 Å². The lowest BCUT2D eigenvalue weighted by atomic mass is 10.1. The lowest BCUT2D eigenvalue weighted by Gasteiger charge is -2.11. The lowest BCUT2D eigenvalue weighted by Crippen LogP contribution is -2.09. The van der Waals surface area contributed by atoms with Crippen LogP contribution in [0.2, 0.25) is 0 Å². The van der Waals surface area contributed by atoms with Crippen LogP contribution < -0.4 is 4.74 Å². The summed E-state index contributed by atoms with van der Waals surface area (Å²) in [5.74, 6) is 0.163. The van der Waals surface area contributed by atoms with E-state index in [0.717, 1.165) is 5.56 Å². The van der Waals surface area contributed by atoms with Crippen molar-refractivity contribution in [2.75, 3.05) is 6.61 Å². The van der Waals surface area contributed by atoms with Crippen molar-refractivity contribution in [3.05, 3.63) is 41.2 Å². The second kappa shape index (κ2) is 5.69. The Kier molecular flexibility index (Phi) is 3.98. The molecule has 0 saturated carbocycles. The third-order valence-electron chi connectivity index (χ3n) is 2.91. The van der Waals surface area contributed by atoms with E-state index in [0.29, 0.717) is 29.6 Å². The highest BCUT2D eigenvalue weighted by molar-refractivity contribution is 5.90. The average molecular weight is 272 g/mol. The third-order valence-corrected chi connectivity index (χ3v) is 2.91. The van der Waals surface area contributed by atoms with E-state index in [2.05, 4.69) is 9.97 Å². The predicted molar refractivity (Wildman–Crippen MR) is 75.1 cm³/mol. The quantitative estimate of drug-likeness (QED) is 0.926. The first-order chi connectivity index (χ1) is 9.54. The molecule has 0 spiro atoms. The van der Waals surface area contributed by atoms with E-state index in [-0.39, 0.29) is 5.56 Å². The van der Waals surface area contributed by atoms with E-state index in [1.54, 1.807) is 13.8 Å². The van der Waals surface area contributed by atoms with Gasteiger partial charge in [-0.2, -0.15) is 0 Å². The molecule has 5 nitrogen and oxygen atoms in total. The molecule has 0 aliphatic heterocycles. The molecule has 2 rings (SSSR count). The Labute approximate surface area is 117 Å². The van der Waals surface area contributed by atoms with E-state index in [1.807, 2.05) is 31.2 Å².